The van der Waals surface area contributed by atoms with Crippen LogP contribution in [0.15, 0.2) is 30.3 Å². The minimum Gasteiger partial charge on any atom is -0.481 e. The van der Waals surface area contributed by atoms with E-state index >= 15 is 0 Å². The van der Waals surface area contributed by atoms with Gasteiger partial charge in [0.1, 0.15) is 0 Å². The van der Waals surface area contributed by atoms with Crippen molar-refractivity contribution in [2.24, 2.45) is 11.8 Å². The minimum atomic E-state index is -0.788. The Morgan fingerprint density at radius 3 is 2.53 bits per heavy atom. The number of carbonyl (C=O) groups is 1. The highest BCUT2D eigenvalue weighted by molar-refractivity contribution is 5.83. The van der Waals surface area contributed by atoms with Gasteiger partial charge < -0.3 is 10.2 Å². The maximum Gasteiger partial charge on any atom is 0.314 e. The number of aliphatic carboxylic acids is 1. The van der Waals surface area contributed by atoms with Crippen molar-refractivity contribution in [2.45, 2.75) is 25.2 Å². The molecule has 1 aromatic rings. The minimum absolute atomic E-state index is 0.0278. The first-order valence-corrected chi connectivity index (χ1v) is 6.02. The summed E-state index contributed by atoms with van der Waals surface area (Å²) in [5, 5.41) is 18.8. The van der Waals surface area contributed by atoms with Crippen molar-refractivity contribution in [3.63, 3.8) is 0 Å². The lowest BCUT2D eigenvalue weighted by atomic mass is 9.53. The molecule has 1 aromatic carbocycles. The van der Waals surface area contributed by atoms with Gasteiger partial charge in [-0.1, -0.05) is 37.3 Å². The van der Waals surface area contributed by atoms with Gasteiger partial charge in [0.25, 0.3) is 0 Å². The quantitative estimate of drug-likeness (QED) is 0.838. The predicted molar refractivity (Wildman–Crippen MR) is 64.7 cm³/mol. The van der Waals surface area contributed by atoms with Crippen molar-refractivity contribution in [3.8, 4) is 0 Å². The maximum atomic E-state index is 11.7. The van der Waals surface area contributed by atoms with Gasteiger partial charge >= 0.3 is 5.97 Å². The van der Waals surface area contributed by atoms with E-state index in [-0.39, 0.29) is 18.4 Å². The summed E-state index contributed by atoms with van der Waals surface area (Å²) in [7, 11) is 0. The highest BCUT2D eigenvalue weighted by atomic mass is 16.4. The van der Waals surface area contributed by atoms with Crippen LogP contribution in [0, 0.1) is 11.8 Å². The SMILES string of the molecule is CC(CO)C1CCC1(C(=O)O)c1ccccc1. The molecular weight excluding hydrogens is 216 g/mol. The zero-order valence-corrected chi connectivity index (χ0v) is 9.97. The second-order valence-electron chi connectivity index (χ2n) is 4.95. The number of aliphatic hydroxyl groups is 1. The largest absolute Gasteiger partial charge is 0.481 e. The monoisotopic (exact) mass is 234 g/mol. The van der Waals surface area contributed by atoms with E-state index < -0.39 is 11.4 Å². The average Bonchev–Trinajstić information content (AvgIpc) is 2.29. The van der Waals surface area contributed by atoms with Crippen LogP contribution in [0.5, 0.6) is 0 Å². The fourth-order valence-corrected chi connectivity index (χ4v) is 2.98. The summed E-state index contributed by atoms with van der Waals surface area (Å²) in [4.78, 5) is 11.7. The average molecular weight is 234 g/mol. The van der Waals surface area contributed by atoms with Crippen LogP contribution in [0.4, 0.5) is 0 Å². The van der Waals surface area contributed by atoms with Crippen molar-refractivity contribution in [3.05, 3.63) is 35.9 Å². The Morgan fingerprint density at radius 1 is 1.47 bits per heavy atom. The van der Waals surface area contributed by atoms with Crippen molar-refractivity contribution in [1.82, 2.24) is 0 Å². The van der Waals surface area contributed by atoms with E-state index in [1.165, 1.54) is 0 Å². The first kappa shape index (κ1) is 12.1. The first-order chi connectivity index (χ1) is 8.13. The van der Waals surface area contributed by atoms with E-state index in [1.807, 2.05) is 37.3 Å². The van der Waals surface area contributed by atoms with Crippen molar-refractivity contribution < 1.29 is 15.0 Å². The summed E-state index contributed by atoms with van der Waals surface area (Å²) in [6.45, 7) is 1.97. The molecule has 1 saturated carbocycles. The van der Waals surface area contributed by atoms with Gasteiger partial charge in [-0.3, -0.25) is 4.79 Å². The Morgan fingerprint density at radius 2 is 2.12 bits per heavy atom. The normalized spacial score (nSPS) is 29.4. The molecular formula is C14H18O3. The molecule has 2 rings (SSSR count). The van der Waals surface area contributed by atoms with Crippen LogP contribution in [0.25, 0.3) is 0 Å². The Labute approximate surface area is 101 Å². The third kappa shape index (κ3) is 1.75. The number of carboxylic acid groups (broad SMARTS) is 1. The van der Waals surface area contributed by atoms with Gasteiger partial charge in [-0.2, -0.15) is 0 Å². The lowest BCUT2D eigenvalue weighted by Gasteiger charge is -2.49. The van der Waals surface area contributed by atoms with Crippen molar-refractivity contribution in [1.29, 1.82) is 0 Å². The van der Waals surface area contributed by atoms with Crippen molar-refractivity contribution >= 4 is 5.97 Å². The van der Waals surface area contributed by atoms with Crippen LogP contribution >= 0.6 is 0 Å². The second kappa shape index (κ2) is 4.49. The number of hydrogen-bond donors (Lipinski definition) is 2. The van der Waals surface area contributed by atoms with Crippen LogP contribution in [0.2, 0.25) is 0 Å². The van der Waals surface area contributed by atoms with E-state index in [2.05, 4.69) is 0 Å². The Balaban J connectivity index is 2.38. The number of hydrogen-bond acceptors (Lipinski definition) is 2. The van der Waals surface area contributed by atoms with Gasteiger partial charge in [0, 0.05) is 6.61 Å². The summed E-state index contributed by atoms with van der Waals surface area (Å²) >= 11 is 0. The van der Waals surface area contributed by atoms with Crippen LogP contribution in [-0.2, 0) is 10.2 Å². The van der Waals surface area contributed by atoms with Crippen LogP contribution < -0.4 is 0 Å². The summed E-state index contributed by atoms with van der Waals surface area (Å²) in [6, 6.07) is 9.40. The molecule has 0 radical (unpaired) electrons. The third-order valence-corrected chi connectivity index (χ3v) is 4.13. The summed E-state index contributed by atoms with van der Waals surface area (Å²) in [5.41, 5.74) is 0.0766. The van der Waals surface area contributed by atoms with Crippen LogP contribution in [0.1, 0.15) is 25.3 Å². The molecule has 0 bridgehead atoms. The van der Waals surface area contributed by atoms with Crippen LogP contribution in [-0.4, -0.2) is 22.8 Å². The van der Waals surface area contributed by atoms with E-state index in [1.54, 1.807) is 0 Å². The highest BCUT2D eigenvalue weighted by Crippen LogP contribution is 2.52. The molecule has 1 fully saturated rings. The fourth-order valence-electron chi connectivity index (χ4n) is 2.98. The molecule has 3 heteroatoms. The Hall–Kier alpha value is -1.35. The standard InChI is InChI=1S/C14H18O3/c1-10(9-15)12-7-8-14(12,13(16)17)11-5-3-2-4-6-11/h2-6,10,12,15H,7-9H2,1H3,(H,16,17). The number of benzene rings is 1. The number of aliphatic hydroxyl groups excluding tert-OH is 1. The maximum absolute atomic E-state index is 11.7. The molecule has 0 aromatic heterocycles. The molecule has 17 heavy (non-hydrogen) atoms. The van der Waals surface area contributed by atoms with Crippen molar-refractivity contribution in [2.75, 3.05) is 6.61 Å². The lowest BCUT2D eigenvalue weighted by Crippen LogP contribution is -2.53. The molecule has 0 spiro atoms. The molecule has 1 aliphatic carbocycles. The molecule has 0 amide bonds. The molecule has 3 unspecified atom stereocenters. The number of carboxylic acids is 1. The smallest absolute Gasteiger partial charge is 0.314 e. The van der Waals surface area contributed by atoms with Gasteiger partial charge in [-0.05, 0) is 30.2 Å². The van der Waals surface area contributed by atoms with Gasteiger partial charge in [0.05, 0.1) is 5.41 Å². The molecule has 0 saturated heterocycles. The second-order valence-corrected chi connectivity index (χ2v) is 4.95. The van der Waals surface area contributed by atoms with Crippen LogP contribution in [0.3, 0.4) is 0 Å². The summed E-state index contributed by atoms with van der Waals surface area (Å²) < 4.78 is 0. The predicted octanol–water partition coefficient (Wildman–Crippen LogP) is 2.05. The lowest BCUT2D eigenvalue weighted by molar-refractivity contribution is -0.154. The van der Waals surface area contributed by atoms with E-state index in [4.69, 9.17) is 0 Å². The molecule has 0 heterocycles. The molecule has 1 aliphatic rings. The molecule has 92 valence electrons. The zero-order valence-electron chi connectivity index (χ0n) is 9.97. The van der Waals surface area contributed by atoms with E-state index in [9.17, 15) is 15.0 Å². The third-order valence-electron chi connectivity index (χ3n) is 4.13. The number of rotatable bonds is 4. The highest BCUT2D eigenvalue weighted by Gasteiger charge is 2.55. The molecule has 2 N–H and O–H groups in total. The van der Waals surface area contributed by atoms with Gasteiger partial charge in [0.15, 0.2) is 0 Å². The molecule has 0 aliphatic heterocycles. The summed E-state index contributed by atoms with van der Waals surface area (Å²) in [5.74, 6) is -0.701. The molecule has 3 atom stereocenters. The zero-order chi connectivity index (χ0) is 12.5. The Bertz CT molecular complexity index is 401. The topological polar surface area (TPSA) is 57.5 Å². The first-order valence-electron chi connectivity index (χ1n) is 6.02. The Kier molecular flexibility index (Phi) is 3.20. The summed E-state index contributed by atoms with van der Waals surface area (Å²) in [6.07, 6.45) is 1.55. The van der Waals surface area contributed by atoms with E-state index in [0.717, 1.165) is 12.0 Å². The van der Waals surface area contributed by atoms with E-state index in [0.29, 0.717) is 6.42 Å². The fraction of sp³-hybridized carbons (Fsp3) is 0.500. The van der Waals surface area contributed by atoms with Gasteiger partial charge in [-0.25, -0.2) is 0 Å². The van der Waals surface area contributed by atoms with Gasteiger partial charge in [0.2, 0.25) is 0 Å². The molecule has 3 nitrogen and oxygen atoms in total. The van der Waals surface area contributed by atoms with Gasteiger partial charge in [-0.15, -0.1) is 0 Å².